The second kappa shape index (κ2) is 71.4. The van der Waals surface area contributed by atoms with Crippen molar-refractivity contribution < 1.29 is 80.2 Å². The normalized spacial score (nSPS) is 14.5. The van der Waals surface area contributed by atoms with E-state index in [2.05, 4.69) is 107 Å². The molecule has 0 aromatic rings. The molecule has 0 heterocycles. The van der Waals surface area contributed by atoms with Gasteiger partial charge in [-0.15, -0.1) is 0 Å². The average molecular weight is 1420 g/mol. The summed E-state index contributed by atoms with van der Waals surface area (Å²) in [5, 5.41) is 10.6. The highest BCUT2D eigenvalue weighted by atomic mass is 31.2. The van der Waals surface area contributed by atoms with Gasteiger partial charge in [-0.25, -0.2) is 9.13 Å². The number of allylic oxidation sites excluding steroid dienone is 16. The molecule has 17 nitrogen and oxygen atoms in total. The van der Waals surface area contributed by atoms with Crippen molar-refractivity contribution in [1.29, 1.82) is 0 Å². The third-order valence-electron chi connectivity index (χ3n) is 16.1. The van der Waals surface area contributed by atoms with Crippen LogP contribution < -0.4 is 0 Å². The van der Waals surface area contributed by atoms with Crippen LogP contribution in [0.1, 0.15) is 323 Å². The maximum absolute atomic E-state index is 13.1. The van der Waals surface area contributed by atoms with Gasteiger partial charge in [0, 0.05) is 25.7 Å². The SMILES string of the molecule is CC/C=C\C/C=C\C/C=C\C/C=C\C/C=C\C/C=C\CCC(=O)OCC(COP(=O)(O)OCC(O)COP(=O)(O)OCC(COC(=O)CCCCCCCCCCCCCCC)OC(=O)CCCCCCCCCCCCC)OC(=O)CCCCCCC/C=C\C/C=C\CCCCC. The molecule has 0 fully saturated rings. The molecule has 0 aliphatic rings. The molecular formula is C79H138O17P2. The zero-order valence-electron chi connectivity index (χ0n) is 61.7. The van der Waals surface area contributed by atoms with Gasteiger partial charge in [-0.05, 0) is 96.3 Å². The largest absolute Gasteiger partial charge is 0.472 e. The zero-order valence-corrected chi connectivity index (χ0v) is 63.5. The molecule has 0 saturated heterocycles. The van der Waals surface area contributed by atoms with Gasteiger partial charge in [0.25, 0.3) is 0 Å². The van der Waals surface area contributed by atoms with Crippen molar-refractivity contribution in [2.45, 2.75) is 341 Å². The van der Waals surface area contributed by atoms with E-state index < -0.39 is 97.5 Å². The van der Waals surface area contributed by atoms with Gasteiger partial charge in [-0.2, -0.15) is 0 Å². The Kier molecular flexibility index (Phi) is 68.4. The first kappa shape index (κ1) is 94.0. The fourth-order valence-electron chi connectivity index (χ4n) is 10.2. The monoisotopic (exact) mass is 1420 g/mol. The number of phosphoric acid groups is 2. The summed E-state index contributed by atoms with van der Waals surface area (Å²) >= 11 is 0. The predicted molar refractivity (Wildman–Crippen MR) is 399 cm³/mol. The first-order chi connectivity index (χ1) is 47.7. The van der Waals surface area contributed by atoms with E-state index in [1.807, 2.05) is 18.2 Å². The molecule has 5 atom stereocenters. The van der Waals surface area contributed by atoms with E-state index >= 15 is 0 Å². The van der Waals surface area contributed by atoms with E-state index in [9.17, 15) is 43.2 Å². The fraction of sp³-hybridized carbons (Fsp3) is 0.747. The number of aliphatic hydroxyl groups is 1. The van der Waals surface area contributed by atoms with Crippen LogP contribution in [-0.4, -0.2) is 96.7 Å². The Morgan fingerprint density at radius 1 is 0.296 bits per heavy atom. The molecular weight excluding hydrogens is 1280 g/mol. The van der Waals surface area contributed by atoms with Crippen LogP contribution in [0.25, 0.3) is 0 Å². The summed E-state index contributed by atoms with van der Waals surface area (Å²) in [4.78, 5) is 72.8. The summed E-state index contributed by atoms with van der Waals surface area (Å²) in [6, 6.07) is 0. The first-order valence-corrected chi connectivity index (χ1v) is 41.5. The van der Waals surface area contributed by atoms with Gasteiger partial charge in [0.1, 0.15) is 19.3 Å². The number of rotatable bonds is 72. The van der Waals surface area contributed by atoms with E-state index in [0.29, 0.717) is 32.1 Å². The standard InChI is InChI=1S/C79H138O17P2/c1-5-9-13-17-21-25-29-32-34-35-36-37-39-41-45-48-52-56-60-64-77(82)90-70-75(96-79(84)66-62-58-54-50-46-42-38-33-30-26-22-18-14-10-6-2)72-94-98(87,88)92-68-73(80)67-91-97(85,86)93-71-74(95-78(83)65-61-57-53-49-43-28-24-20-16-12-8-4)69-89-76(81)63-59-55-51-47-44-40-31-27-23-19-15-11-7-3/h9,13,21-22,25-26,32-34,36-38,41,45,52,56,73-75,80H,5-8,10-12,14-20,23-24,27-31,35,39-40,42-44,46-51,53-55,57-72H2,1-4H3,(H,85,86)(H,87,88)/b13-9-,25-21-,26-22-,34-32-,37-36-,38-33-,45-41-,56-52-. The molecule has 0 aliphatic carbocycles. The lowest BCUT2D eigenvalue weighted by Crippen LogP contribution is -2.30. The maximum atomic E-state index is 13.1. The molecule has 0 amide bonds. The lowest BCUT2D eigenvalue weighted by atomic mass is 10.0. The second-order valence-electron chi connectivity index (χ2n) is 25.6. The van der Waals surface area contributed by atoms with Crippen molar-refractivity contribution in [1.82, 2.24) is 0 Å². The number of phosphoric ester groups is 2. The number of unbranched alkanes of at least 4 members (excludes halogenated alkanes) is 30. The van der Waals surface area contributed by atoms with Crippen molar-refractivity contribution >= 4 is 39.5 Å². The van der Waals surface area contributed by atoms with E-state index in [1.165, 1.54) is 116 Å². The third-order valence-corrected chi connectivity index (χ3v) is 18.0. The van der Waals surface area contributed by atoms with Crippen molar-refractivity contribution in [2.24, 2.45) is 0 Å². The number of hydrogen-bond donors (Lipinski definition) is 3. The highest BCUT2D eigenvalue weighted by molar-refractivity contribution is 7.47. The topological polar surface area (TPSA) is 237 Å². The zero-order chi connectivity index (χ0) is 71.8. The molecule has 566 valence electrons. The Morgan fingerprint density at radius 3 is 0.898 bits per heavy atom. The Labute approximate surface area is 595 Å². The quantitative estimate of drug-likeness (QED) is 0.0169. The summed E-state index contributed by atoms with van der Waals surface area (Å²) in [5.74, 6) is -2.27. The van der Waals surface area contributed by atoms with Gasteiger partial charge in [0.2, 0.25) is 0 Å². The minimum Gasteiger partial charge on any atom is -0.462 e. The molecule has 0 spiro atoms. The summed E-state index contributed by atoms with van der Waals surface area (Å²) in [7, 11) is -9.96. The number of ether oxygens (including phenoxy) is 4. The van der Waals surface area contributed by atoms with Crippen LogP contribution in [0.2, 0.25) is 0 Å². The van der Waals surface area contributed by atoms with Gasteiger partial charge in [0.15, 0.2) is 12.2 Å². The van der Waals surface area contributed by atoms with E-state index in [0.717, 1.165) is 122 Å². The summed E-state index contributed by atoms with van der Waals surface area (Å²) in [5.41, 5.74) is 0. The molecule has 0 rings (SSSR count). The Balaban J connectivity index is 5.39. The molecule has 19 heteroatoms. The highest BCUT2D eigenvalue weighted by Gasteiger charge is 2.30. The van der Waals surface area contributed by atoms with Crippen LogP contribution in [0, 0.1) is 0 Å². The Hall–Kier alpha value is -4.02. The van der Waals surface area contributed by atoms with Crippen LogP contribution in [0.4, 0.5) is 0 Å². The van der Waals surface area contributed by atoms with Crippen LogP contribution in [-0.2, 0) is 65.4 Å². The molecule has 3 N–H and O–H groups in total. The van der Waals surface area contributed by atoms with E-state index in [4.69, 9.17) is 37.0 Å². The number of carbonyl (C=O) groups excluding carboxylic acids is 4. The van der Waals surface area contributed by atoms with E-state index in [1.54, 1.807) is 0 Å². The van der Waals surface area contributed by atoms with Crippen LogP contribution >= 0.6 is 15.6 Å². The smallest absolute Gasteiger partial charge is 0.462 e. The highest BCUT2D eigenvalue weighted by Crippen LogP contribution is 2.45. The average Bonchev–Trinajstić information content (AvgIpc) is 0.992. The molecule has 0 radical (unpaired) electrons. The first-order valence-electron chi connectivity index (χ1n) is 38.5. The molecule has 5 unspecified atom stereocenters. The molecule has 0 aromatic heterocycles. The molecule has 98 heavy (non-hydrogen) atoms. The van der Waals surface area contributed by atoms with Crippen molar-refractivity contribution in [3.8, 4) is 0 Å². The van der Waals surface area contributed by atoms with Crippen molar-refractivity contribution in [3.05, 3.63) is 97.2 Å². The Bertz CT molecular complexity index is 2240. The molecule has 0 bridgehead atoms. The van der Waals surface area contributed by atoms with Gasteiger partial charge >= 0.3 is 39.5 Å². The van der Waals surface area contributed by atoms with Crippen molar-refractivity contribution in [3.63, 3.8) is 0 Å². The third kappa shape index (κ3) is 70.4. The number of carbonyl (C=O) groups is 4. The number of aliphatic hydroxyl groups excluding tert-OH is 1. The van der Waals surface area contributed by atoms with Gasteiger partial charge in [-0.1, -0.05) is 298 Å². The maximum Gasteiger partial charge on any atom is 0.472 e. The predicted octanol–water partition coefficient (Wildman–Crippen LogP) is 22.0. The lowest BCUT2D eigenvalue weighted by Gasteiger charge is -2.21. The minimum atomic E-state index is -4.99. The summed E-state index contributed by atoms with van der Waals surface area (Å²) in [6.07, 6.45) is 74.1. The van der Waals surface area contributed by atoms with Crippen molar-refractivity contribution in [2.75, 3.05) is 39.6 Å². The molecule has 0 aromatic carbocycles. The van der Waals surface area contributed by atoms with Gasteiger partial charge in [-0.3, -0.25) is 37.3 Å². The fourth-order valence-corrected chi connectivity index (χ4v) is 11.8. The Morgan fingerprint density at radius 2 is 0.551 bits per heavy atom. The summed E-state index contributed by atoms with van der Waals surface area (Å²) < 4.78 is 68.4. The van der Waals surface area contributed by atoms with Crippen LogP contribution in [0.15, 0.2) is 97.2 Å². The molecule has 0 saturated carbocycles. The van der Waals surface area contributed by atoms with Crippen LogP contribution in [0.5, 0.6) is 0 Å². The number of hydrogen-bond acceptors (Lipinski definition) is 15. The summed E-state index contributed by atoms with van der Waals surface area (Å²) in [6.45, 7) is 4.65. The van der Waals surface area contributed by atoms with Crippen LogP contribution in [0.3, 0.4) is 0 Å². The number of esters is 4. The lowest BCUT2D eigenvalue weighted by molar-refractivity contribution is -0.161. The van der Waals surface area contributed by atoms with E-state index in [-0.39, 0.29) is 25.7 Å². The molecule has 0 aliphatic heterocycles. The van der Waals surface area contributed by atoms with Gasteiger partial charge in [0.05, 0.1) is 26.4 Å². The second-order valence-corrected chi connectivity index (χ2v) is 28.5. The minimum absolute atomic E-state index is 0.0333. The van der Waals surface area contributed by atoms with Gasteiger partial charge < -0.3 is 33.8 Å².